The maximum atomic E-state index is 13.0. The second-order valence-corrected chi connectivity index (χ2v) is 6.38. The van der Waals surface area contributed by atoms with Gasteiger partial charge in [-0.1, -0.05) is 24.3 Å². The molecule has 3 rings (SSSR count). The lowest BCUT2D eigenvalue weighted by Gasteiger charge is -2.18. The van der Waals surface area contributed by atoms with Crippen LogP contribution in [0.2, 0.25) is 0 Å². The van der Waals surface area contributed by atoms with Crippen LogP contribution in [0.15, 0.2) is 48.5 Å². The van der Waals surface area contributed by atoms with Gasteiger partial charge in [0.2, 0.25) is 0 Å². The fourth-order valence-electron chi connectivity index (χ4n) is 3.19. The molecule has 2 aromatic rings. The monoisotopic (exact) mass is 406 g/mol. The van der Waals surface area contributed by atoms with E-state index >= 15 is 0 Å². The van der Waals surface area contributed by atoms with Crippen molar-refractivity contribution in [2.75, 3.05) is 18.5 Å². The molecule has 1 aliphatic heterocycles. The summed E-state index contributed by atoms with van der Waals surface area (Å²) < 4.78 is 39.0. The molecule has 0 aromatic heterocycles. The lowest BCUT2D eigenvalue weighted by Crippen LogP contribution is -2.86. The highest BCUT2D eigenvalue weighted by atomic mass is 19.4. The summed E-state index contributed by atoms with van der Waals surface area (Å²) >= 11 is 0. The topological polar surface area (TPSA) is 101 Å². The second-order valence-electron chi connectivity index (χ2n) is 6.38. The van der Waals surface area contributed by atoms with E-state index in [4.69, 9.17) is 5.73 Å². The van der Waals surface area contributed by atoms with Crippen molar-refractivity contribution in [3.05, 3.63) is 65.2 Å². The third-order valence-electron chi connectivity index (χ3n) is 4.48. The number of fused-ring (bicyclic) bond motifs is 1. The van der Waals surface area contributed by atoms with Crippen molar-refractivity contribution in [1.82, 2.24) is 10.7 Å². The molecule has 0 fully saturated rings. The number of hydrazone groups is 1. The number of benzene rings is 2. The van der Waals surface area contributed by atoms with Crippen molar-refractivity contribution in [3.8, 4) is 0 Å². The van der Waals surface area contributed by atoms with Gasteiger partial charge >= 0.3 is 12.1 Å². The lowest BCUT2D eigenvalue weighted by molar-refractivity contribution is -0.523. The first-order chi connectivity index (χ1) is 13.7. The van der Waals surface area contributed by atoms with Crippen LogP contribution in [-0.4, -0.2) is 31.4 Å². The molecule has 1 atom stereocenters. The van der Waals surface area contributed by atoms with Gasteiger partial charge in [0.05, 0.1) is 11.5 Å². The van der Waals surface area contributed by atoms with Gasteiger partial charge in [-0.2, -0.15) is 18.3 Å². The molecule has 152 valence electrons. The van der Waals surface area contributed by atoms with E-state index in [1.54, 1.807) is 31.3 Å². The number of para-hydroxylation sites is 1. The predicted molar refractivity (Wildman–Crippen MR) is 99.7 cm³/mol. The Morgan fingerprint density at radius 2 is 1.90 bits per heavy atom. The highest BCUT2D eigenvalue weighted by Crippen LogP contribution is 2.37. The number of carbonyl (C=O) groups is 2. The molecular weight excluding hydrogens is 387 g/mol. The summed E-state index contributed by atoms with van der Waals surface area (Å²) in [5.74, 6) is -1.81. The van der Waals surface area contributed by atoms with Gasteiger partial charge in [0, 0.05) is 24.8 Å². The Hall–Kier alpha value is -3.56. The summed E-state index contributed by atoms with van der Waals surface area (Å²) in [5, 5.41) is 5.02. The molecule has 0 aliphatic carbocycles. The third-order valence-corrected chi connectivity index (χ3v) is 4.48. The number of hydrogen-bond donors (Lipinski definition) is 4. The van der Waals surface area contributed by atoms with Crippen molar-refractivity contribution in [3.63, 3.8) is 0 Å². The average Bonchev–Trinajstić information content (AvgIpc) is 3.07. The normalized spacial score (nSPS) is 16.3. The summed E-state index contributed by atoms with van der Waals surface area (Å²) in [6, 6.07) is 11.0. The number of nitrogens with zero attached hydrogens (tertiary/aromatic N) is 1. The molecule has 0 saturated carbocycles. The Morgan fingerprint density at radius 1 is 1.17 bits per heavy atom. The van der Waals surface area contributed by atoms with E-state index in [9.17, 15) is 22.8 Å². The fraction of sp³-hybridized carbons (Fsp3) is 0.211. The number of hydrogen-bond acceptors (Lipinski definition) is 3. The number of guanidine groups is 1. The Bertz CT molecular complexity index is 974. The highest BCUT2D eigenvalue weighted by molar-refractivity contribution is 6.10. The summed E-state index contributed by atoms with van der Waals surface area (Å²) in [4.78, 5) is 26.9. The number of nitrogens with two attached hydrogens (primary N) is 1. The minimum absolute atomic E-state index is 0.0161. The minimum Gasteiger partial charge on any atom is -0.307 e. The highest BCUT2D eigenvalue weighted by Gasteiger charge is 2.39. The zero-order valence-corrected chi connectivity index (χ0v) is 15.4. The van der Waals surface area contributed by atoms with Gasteiger partial charge in [0.25, 0.3) is 11.8 Å². The number of halogens is 3. The summed E-state index contributed by atoms with van der Waals surface area (Å²) in [7, 11) is 1.57. The number of alkyl halides is 3. The van der Waals surface area contributed by atoms with E-state index in [2.05, 4.69) is 15.8 Å². The maximum Gasteiger partial charge on any atom is 0.416 e. The molecule has 0 radical (unpaired) electrons. The number of hydrazine groups is 1. The largest absolute Gasteiger partial charge is 0.416 e. The smallest absolute Gasteiger partial charge is 0.307 e. The predicted octanol–water partition coefficient (Wildman–Crippen LogP) is 0.0953. The van der Waals surface area contributed by atoms with Gasteiger partial charge < -0.3 is 4.90 Å². The van der Waals surface area contributed by atoms with Crippen molar-refractivity contribution < 1.29 is 27.9 Å². The maximum absolute atomic E-state index is 13.0. The number of anilines is 1. The second kappa shape index (κ2) is 7.82. The van der Waals surface area contributed by atoms with E-state index in [0.29, 0.717) is 11.3 Å². The van der Waals surface area contributed by atoms with Crippen LogP contribution >= 0.6 is 0 Å². The van der Waals surface area contributed by atoms with E-state index in [0.717, 1.165) is 12.1 Å². The minimum atomic E-state index is -4.56. The van der Waals surface area contributed by atoms with Crippen molar-refractivity contribution in [2.24, 2.45) is 5.73 Å². The van der Waals surface area contributed by atoms with Crippen LogP contribution in [0.25, 0.3) is 0 Å². The third kappa shape index (κ3) is 4.15. The Morgan fingerprint density at radius 3 is 2.59 bits per heavy atom. The van der Waals surface area contributed by atoms with E-state index < -0.39 is 29.5 Å². The van der Waals surface area contributed by atoms with Crippen LogP contribution in [-0.2, 0) is 11.0 Å². The molecule has 2 aromatic carbocycles. The van der Waals surface area contributed by atoms with Crippen LogP contribution in [0.5, 0.6) is 0 Å². The van der Waals surface area contributed by atoms with Gasteiger partial charge in [0.1, 0.15) is 0 Å². The van der Waals surface area contributed by atoms with Gasteiger partial charge in [-0.15, -0.1) is 0 Å². The molecule has 0 bridgehead atoms. The summed E-state index contributed by atoms with van der Waals surface area (Å²) in [5.41, 5.74) is 8.23. The van der Waals surface area contributed by atoms with E-state index in [-0.39, 0.29) is 18.1 Å². The van der Waals surface area contributed by atoms with Crippen molar-refractivity contribution in [2.45, 2.75) is 12.1 Å². The van der Waals surface area contributed by atoms with Gasteiger partial charge in [0.15, 0.2) is 0 Å². The standard InChI is InChI=1S/C19H18F3N5O2/c1-24-26-18(23)25-16(28)14-10-27(15-8-3-2-7-13(14)15)17(29)11-5-4-6-12(9-11)19(20,21)22/h2-9,14,24H,10H2,1H3,(H3,23,25,26,28)/p+1. The number of nitrogens with one attached hydrogen (secondary N) is 3. The molecule has 1 heterocycles. The molecular formula is C19H19F3N5O2+. The molecule has 0 spiro atoms. The Kier molecular flexibility index (Phi) is 5.44. The Balaban J connectivity index is 1.91. The first-order valence-electron chi connectivity index (χ1n) is 8.66. The lowest BCUT2D eigenvalue weighted by atomic mass is 10.0. The summed E-state index contributed by atoms with van der Waals surface area (Å²) in [6.07, 6.45) is -4.56. The van der Waals surface area contributed by atoms with Crippen molar-refractivity contribution >= 4 is 23.5 Å². The molecule has 1 unspecified atom stereocenters. The number of amides is 2. The molecule has 2 amide bonds. The first-order valence-corrected chi connectivity index (χ1v) is 8.66. The van der Waals surface area contributed by atoms with Crippen LogP contribution < -0.4 is 26.5 Å². The van der Waals surface area contributed by atoms with E-state index in [1.807, 2.05) is 0 Å². The Labute approximate surface area is 164 Å². The first kappa shape index (κ1) is 20.2. The van der Waals surface area contributed by atoms with Gasteiger partial charge in [-0.05, 0) is 29.8 Å². The van der Waals surface area contributed by atoms with Crippen LogP contribution in [0.4, 0.5) is 18.9 Å². The number of carbonyl (C=O) groups excluding carboxylic acids is 2. The van der Waals surface area contributed by atoms with Crippen LogP contribution in [0.3, 0.4) is 0 Å². The van der Waals surface area contributed by atoms with Crippen molar-refractivity contribution in [1.29, 1.82) is 0 Å². The molecule has 29 heavy (non-hydrogen) atoms. The van der Waals surface area contributed by atoms with Gasteiger partial charge in [-0.3, -0.25) is 20.7 Å². The quantitative estimate of drug-likeness (QED) is 0.330. The molecule has 0 saturated heterocycles. The van der Waals surface area contributed by atoms with Crippen LogP contribution in [0, 0.1) is 0 Å². The SMILES string of the molecule is CN/[NH+]=C(\N)NC(=O)C1CN(C(=O)c2cccc(C(F)(F)F)c2)c2ccccc21. The van der Waals surface area contributed by atoms with Gasteiger partial charge in [-0.25, -0.2) is 5.32 Å². The molecule has 7 nitrogen and oxygen atoms in total. The molecule has 1 aliphatic rings. The summed E-state index contributed by atoms with van der Waals surface area (Å²) in [6.45, 7) is -0.0207. The zero-order valence-electron chi connectivity index (χ0n) is 15.4. The van der Waals surface area contributed by atoms with Crippen LogP contribution in [0.1, 0.15) is 27.4 Å². The molecule has 10 heteroatoms. The fourth-order valence-corrected chi connectivity index (χ4v) is 3.19. The molecule has 5 N–H and O–H groups in total. The zero-order chi connectivity index (χ0) is 21.2. The van der Waals surface area contributed by atoms with E-state index in [1.165, 1.54) is 17.0 Å². The number of rotatable bonds is 3. The average molecular weight is 406 g/mol.